The fourth-order valence-electron chi connectivity index (χ4n) is 2.79. The van der Waals surface area contributed by atoms with Crippen molar-refractivity contribution in [3.63, 3.8) is 0 Å². The van der Waals surface area contributed by atoms with Crippen LogP contribution in [0.3, 0.4) is 0 Å². The van der Waals surface area contributed by atoms with Crippen LogP contribution in [0.5, 0.6) is 0 Å². The van der Waals surface area contributed by atoms with Crippen molar-refractivity contribution in [2.45, 2.75) is 19.3 Å². The summed E-state index contributed by atoms with van der Waals surface area (Å²) in [4.78, 5) is 2.63. The standard InChI is InChI=1S/C11H22IN2.HI/c12-4-2-1-3-8-14-9-5-13(6-10-14)7-11-14;/h1-11H2;1H/q+1;/p-1. The molecule has 3 fully saturated rings. The molecule has 0 spiro atoms. The summed E-state index contributed by atoms with van der Waals surface area (Å²) in [7, 11) is 0. The molecule has 90 valence electrons. The normalized spacial score (nSPS) is 33.8. The van der Waals surface area contributed by atoms with E-state index < -0.39 is 0 Å². The maximum Gasteiger partial charge on any atom is 0.0916 e. The van der Waals surface area contributed by atoms with Gasteiger partial charge in [-0.1, -0.05) is 22.6 Å². The predicted octanol–water partition coefficient (Wildman–Crippen LogP) is -1.26. The second-order valence-electron chi connectivity index (χ2n) is 4.83. The average Bonchev–Trinajstić information content (AvgIpc) is 2.27. The van der Waals surface area contributed by atoms with Gasteiger partial charge in [-0.25, -0.2) is 0 Å². The first-order chi connectivity index (χ1) is 6.85. The molecule has 0 unspecified atom stereocenters. The van der Waals surface area contributed by atoms with Crippen LogP contribution in [0.15, 0.2) is 0 Å². The number of unbranched alkanes of at least 4 members (excludes halogenated alkanes) is 2. The molecule has 4 heteroatoms. The van der Waals surface area contributed by atoms with Crippen molar-refractivity contribution in [1.82, 2.24) is 4.90 Å². The van der Waals surface area contributed by atoms with Crippen LogP contribution in [0.1, 0.15) is 19.3 Å². The Morgan fingerprint density at radius 2 is 1.53 bits per heavy atom. The molecule has 0 aromatic heterocycles. The quantitative estimate of drug-likeness (QED) is 0.225. The van der Waals surface area contributed by atoms with E-state index in [0.29, 0.717) is 0 Å². The second kappa shape index (κ2) is 6.96. The van der Waals surface area contributed by atoms with E-state index in [2.05, 4.69) is 27.5 Å². The number of fused-ring (bicyclic) bond motifs is 3. The van der Waals surface area contributed by atoms with Gasteiger partial charge in [0.15, 0.2) is 0 Å². The zero-order chi connectivity index (χ0) is 9.86. The van der Waals surface area contributed by atoms with E-state index in [1.54, 1.807) is 0 Å². The smallest absolute Gasteiger partial charge is 0.0916 e. The van der Waals surface area contributed by atoms with E-state index in [1.807, 2.05) is 0 Å². The predicted molar refractivity (Wildman–Crippen MR) is 68.9 cm³/mol. The molecule has 0 saturated carbocycles. The van der Waals surface area contributed by atoms with Crippen molar-refractivity contribution >= 4 is 22.6 Å². The number of halogens is 2. The molecule has 2 bridgehead atoms. The number of hydrogen-bond acceptors (Lipinski definition) is 1. The van der Waals surface area contributed by atoms with E-state index >= 15 is 0 Å². The molecule has 3 aliphatic rings. The molecule has 3 rings (SSSR count). The third-order valence-corrected chi connectivity index (χ3v) is 4.70. The molecule has 3 aliphatic heterocycles. The maximum absolute atomic E-state index is 2.63. The van der Waals surface area contributed by atoms with Crippen molar-refractivity contribution in [3.05, 3.63) is 0 Å². The fourth-order valence-corrected chi connectivity index (χ4v) is 3.32. The number of hydrogen-bond donors (Lipinski definition) is 0. The minimum absolute atomic E-state index is 0. The van der Waals surface area contributed by atoms with Gasteiger partial charge in [-0.05, 0) is 23.7 Å². The lowest BCUT2D eigenvalue weighted by Crippen LogP contribution is -3.00. The minimum atomic E-state index is 0. The molecule has 15 heavy (non-hydrogen) atoms. The van der Waals surface area contributed by atoms with Gasteiger partial charge in [-0.2, -0.15) is 0 Å². The lowest BCUT2D eigenvalue weighted by molar-refractivity contribution is -0.941. The number of piperazine rings is 3. The van der Waals surface area contributed by atoms with Crippen molar-refractivity contribution in [3.8, 4) is 0 Å². The molecule has 0 atom stereocenters. The van der Waals surface area contributed by atoms with Crippen molar-refractivity contribution in [2.24, 2.45) is 0 Å². The van der Waals surface area contributed by atoms with Crippen LogP contribution in [-0.2, 0) is 0 Å². The van der Waals surface area contributed by atoms with Gasteiger partial charge in [0.05, 0.1) is 26.2 Å². The first-order valence-electron chi connectivity index (χ1n) is 5.98. The van der Waals surface area contributed by atoms with E-state index in [-0.39, 0.29) is 24.0 Å². The summed E-state index contributed by atoms with van der Waals surface area (Å²) < 4.78 is 2.79. The molecule has 0 N–H and O–H groups in total. The van der Waals surface area contributed by atoms with Gasteiger partial charge in [0, 0.05) is 19.6 Å². The van der Waals surface area contributed by atoms with Crippen LogP contribution in [0.4, 0.5) is 0 Å². The summed E-state index contributed by atoms with van der Waals surface area (Å²) in [5.41, 5.74) is 0. The van der Waals surface area contributed by atoms with Crippen molar-refractivity contribution < 1.29 is 28.5 Å². The third-order valence-electron chi connectivity index (χ3n) is 3.94. The maximum atomic E-state index is 2.63. The van der Waals surface area contributed by atoms with Crippen LogP contribution in [0.2, 0.25) is 0 Å². The molecule has 3 saturated heterocycles. The highest BCUT2D eigenvalue weighted by Crippen LogP contribution is 2.20. The second-order valence-corrected chi connectivity index (χ2v) is 5.91. The Hall–Kier alpha value is 1.38. The van der Waals surface area contributed by atoms with Gasteiger partial charge in [0.1, 0.15) is 0 Å². The van der Waals surface area contributed by atoms with E-state index in [9.17, 15) is 0 Å². The molecule has 0 aliphatic carbocycles. The van der Waals surface area contributed by atoms with Crippen molar-refractivity contribution in [1.29, 1.82) is 0 Å². The Kier molecular flexibility index (Phi) is 6.70. The van der Waals surface area contributed by atoms with Crippen LogP contribution < -0.4 is 24.0 Å². The fraction of sp³-hybridized carbons (Fsp3) is 1.00. The summed E-state index contributed by atoms with van der Waals surface area (Å²) in [5, 5.41) is 0. The first kappa shape index (κ1) is 14.4. The van der Waals surface area contributed by atoms with Gasteiger partial charge < -0.3 is 28.5 Å². The van der Waals surface area contributed by atoms with Crippen LogP contribution in [0.25, 0.3) is 0 Å². The lowest BCUT2D eigenvalue weighted by atomic mass is 10.1. The summed E-state index contributed by atoms with van der Waals surface area (Å²) in [6, 6.07) is 0. The van der Waals surface area contributed by atoms with E-state index in [1.165, 1.54) is 74.0 Å². The summed E-state index contributed by atoms with van der Waals surface area (Å²) in [5.74, 6) is 0. The Bertz CT molecular complexity index is 166. The SMILES string of the molecule is ICCCCC[N+]12CCN(CC1)CC2.[I-]. The zero-order valence-corrected chi connectivity index (χ0v) is 13.7. The number of rotatable bonds is 5. The van der Waals surface area contributed by atoms with Crippen LogP contribution in [-0.4, -0.2) is 59.6 Å². The molecule has 0 amide bonds. The first-order valence-corrected chi connectivity index (χ1v) is 7.51. The summed E-state index contributed by atoms with van der Waals surface area (Å²) in [6.07, 6.45) is 4.34. The van der Waals surface area contributed by atoms with Crippen LogP contribution in [0, 0.1) is 0 Å². The third kappa shape index (κ3) is 3.96. The molecular weight excluding hydrogens is 414 g/mol. The number of nitrogens with zero attached hydrogens (tertiary/aromatic N) is 2. The Morgan fingerprint density at radius 3 is 2.07 bits per heavy atom. The monoisotopic (exact) mass is 436 g/mol. The highest BCUT2D eigenvalue weighted by Gasteiger charge is 2.37. The molecular formula is C11H22I2N2. The van der Waals surface area contributed by atoms with Gasteiger partial charge in [-0.15, -0.1) is 0 Å². The highest BCUT2D eigenvalue weighted by molar-refractivity contribution is 14.1. The number of quaternary nitrogens is 1. The van der Waals surface area contributed by atoms with Gasteiger partial charge in [-0.3, -0.25) is 4.90 Å². The Labute approximate surface area is 125 Å². The topological polar surface area (TPSA) is 3.24 Å². The number of alkyl halides is 1. The molecule has 0 aromatic carbocycles. The molecule has 0 radical (unpaired) electrons. The summed E-state index contributed by atoms with van der Waals surface area (Å²) in [6.45, 7) is 9.87. The average molecular weight is 436 g/mol. The lowest BCUT2D eigenvalue weighted by Gasteiger charge is -2.50. The minimum Gasteiger partial charge on any atom is -1.00 e. The van der Waals surface area contributed by atoms with E-state index in [4.69, 9.17) is 0 Å². The zero-order valence-electron chi connectivity index (χ0n) is 9.43. The Balaban J connectivity index is 0.00000112. The summed E-state index contributed by atoms with van der Waals surface area (Å²) >= 11 is 2.49. The van der Waals surface area contributed by atoms with Crippen LogP contribution >= 0.6 is 22.6 Å². The molecule has 2 nitrogen and oxygen atoms in total. The van der Waals surface area contributed by atoms with Crippen molar-refractivity contribution in [2.75, 3.05) is 50.2 Å². The highest BCUT2D eigenvalue weighted by atomic mass is 127. The van der Waals surface area contributed by atoms with E-state index in [0.717, 1.165) is 0 Å². The van der Waals surface area contributed by atoms with Gasteiger partial charge in [0.2, 0.25) is 0 Å². The van der Waals surface area contributed by atoms with Gasteiger partial charge in [0.25, 0.3) is 0 Å². The largest absolute Gasteiger partial charge is 1.00 e. The molecule has 0 aromatic rings. The molecule has 3 heterocycles. The Morgan fingerprint density at radius 1 is 0.933 bits per heavy atom. The van der Waals surface area contributed by atoms with Gasteiger partial charge >= 0.3 is 0 Å².